The van der Waals surface area contributed by atoms with Crippen LogP contribution in [-0.4, -0.2) is 33.6 Å². The maximum Gasteiger partial charge on any atom is 0.305 e. The van der Waals surface area contributed by atoms with Crippen molar-refractivity contribution < 1.29 is 18.5 Å². The van der Waals surface area contributed by atoms with E-state index in [0.29, 0.717) is 25.6 Å². The van der Waals surface area contributed by atoms with Crippen LogP contribution in [0.15, 0.2) is 12.1 Å². The van der Waals surface area contributed by atoms with Crippen molar-refractivity contribution >= 4 is 27.5 Å². The molecule has 8 heteroatoms. The number of rotatable bonds is 2. The number of carbonyl (C=O) groups excluding carboxylic acids is 1. The predicted octanol–water partition coefficient (Wildman–Crippen LogP) is 2.87. The Hall–Kier alpha value is -1.57. The lowest BCUT2D eigenvalue weighted by Crippen LogP contribution is -2.41. The minimum atomic E-state index is -1.42. The molecular formula is C12H11BrF2N2O3. The molecule has 1 aromatic rings. The molecule has 1 unspecified atom stereocenters. The Labute approximate surface area is 121 Å². The van der Waals surface area contributed by atoms with Crippen molar-refractivity contribution in [3.8, 4) is 0 Å². The lowest BCUT2D eigenvalue weighted by Gasteiger charge is -2.30. The summed E-state index contributed by atoms with van der Waals surface area (Å²) >= 11 is 3.35. The maximum absolute atomic E-state index is 13.9. The first kappa shape index (κ1) is 14.8. The first-order valence-electron chi connectivity index (χ1n) is 5.97. The van der Waals surface area contributed by atoms with Gasteiger partial charge in [0.1, 0.15) is 11.4 Å². The SMILES string of the molecule is O=C(c1c(F)ccc([N+](=O)[O-])c1F)N1CCCC(Br)C1. The van der Waals surface area contributed by atoms with Gasteiger partial charge in [-0.25, -0.2) is 4.39 Å². The number of nitrogens with zero attached hydrogens (tertiary/aromatic N) is 2. The van der Waals surface area contributed by atoms with E-state index in [-0.39, 0.29) is 4.83 Å². The number of hydrogen-bond acceptors (Lipinski definition) is 3. The minimum absolute atomic E-state index is 0.0602. The highest BCUT2D eigenvalue weighted by Gasteiger charge is 2.31. The summed E-state index contributed by atoms with van der Waals surface area (Å²) in [4.78, 5) is 23.2. The third-order valence-electron chi connectivity index (χ3n) is 3.13. The van der Waals surface area contributed by atoms with Gasteiger partial charge < -0.3 is 4.90 Å². The molecule has 2 rings (SSSR count). The molecule has 1 saturated heterocycles. The molecule has 0 radical (unpaired) electrons. The van der Waals surface area contributed by atoms with Crippen LogP contribution in [0.5, 0.6) is 0 Å². The molecule has 0 saturated carbocycles. The first-order chi connectivity index (χ1) is 9.41. The van der Waals surface area contributed by atoms with Crippen molar-refractivity contribution in [3.05, 3.63) is 39.4 Å². The van der Waals surface area contributed by atoms with Crippen LogP contribution in [0.25, 0.3) is 0 Å². The van der Waals surface area contributed by atoms with E-state index >= 15 is 0 Å². The molecule has 1 aliphatic heterocycles. The van der Waals surface area contributed by atoms with Crippen LogP contribution in [0.1, 0.15) is 23.2 Å². The maximum atomic E-state index is 13.9. The highest BCUT2D eigenvalue weighted by atomic mass is 79.9. The second-order valence-corrected chi connectivity index (χ2v) is 5.80. The van der Waals surface area contributed by atoms with Crippen LogP contribution in [0.2, 0.25) is 0 Å². The lowest BCUT2D eigenvalue weighted by molar-refractivity contribution is -0.387. The summed E-state index contributed by atoms with van der Waals surface area (Å²) in [6, 6.07) is 1.45. The Bertz CT molecular complexity index is 568. The zero-order valence-corrected chi connectivity index (χ0v) is 11.9. The van der Waals surface area contributed by atoms with Crippen LogP contribution in [-0.2, 0) is 0 Å². The van der Waals surface area contributed by atoms with Crippen LogP contribution in [0.4, 0.5) is 14.5 Å². The Morgan fingerprint density at radius 2 is 2.15 bits per heavy atom. The Kier molecular flexibility index (Phi) is 4.32. The second-order valence-electron chi connectivity index (χ2n) is 4.50. The predicted molar refractivity (Wildman–Crippen MR) is 70.9 cm³/mol. The molecule has 1 fully saturated rings. The highest BCUT2D eigenvalue weighted by Crippen LogP contribution is 2.26. The highest BCUT2D eigenvalue weighted by molar-refractivity contribution is 9.09. The molecule has 0 spiro atoms. The van der Waals surface area contributed by atoms with E-state index in [1.165, 1.54) is 4.90 Å². The molecular weight excluding hydrogens is 338 g/mol. The van der Waals surface area contributed by atoms with Crippen molar-refractivity contribution in [2.75, 3.05) is 13.1 Å². The molecule has 1 aromatic carbocycles. The van der Waals surface area contributed by atoms with Gasteiger partial charge >= 0.3 is 5.69 Å². The van der Waals surface area contributed by atoms with Gasteiger partial charge in [-0.05, 0) is 18.9 Å². The zero-order valence-electron chi connectivity index (χ0n) is 10.3. The summed E-state index contributed by atoms with van der Waals surface area (Å²) < 4.78 is 27.6. The normalized spacial score (nSPS) is 18.9. The van der Waals surface area contributed by atoms with Crippen molar-refractivity contribution in [1.29, 1.82) is 0 Å². The topological polar surface area (TPSA) is 63.4 Å². The summed E-state index contributed by atoms with van der Waals surface area (Å²) in [6.07, 6.45) is 1.57. The molecule has 108 valence electrons. The number of hydrogen-bond donors (Lipinski definition) is 0. The van der Waals surface area contributed by atoms with Crippen LogP contribution >= 0.6 is 15.9 Å². The van der Waals surface area contributed by atoms with Crippen molar-refractivity contribution in [2.45, 2.75) is 17.7 Å². The largest absolute Gasteiger partial charge is 0.337 e. The Balaban J connectivity index is 2.38. The second kappa shape index (κ2) is 5.82. The number of nitro benzene ring substituents is 1. The number of halogens is 3. The average molecular weight is 349 g/mol. The quantitative estimate of drug-likeness (QED) is 0.469. The lowest BCUT2D eigenvalue weighted by atomic mass is 10.1. The van der Waals surface area contributed by atoms with Gasteiger partial charge in [-0.15, -0.1) is 0 Å². The van der Waals surface area contributed by atoms with Crippen molar-refractivity contribution in [3.63, 3.8) is 0 Å². The molecule has 1 aliphatic rings. The van der Waals surface area contributed by atoms with E-state index in [1.54, 1.807) is 0 Å². The Morgan fingerprint density at radius 1 is 1.45 bits per heavy atom. The Morgan fingerprint density at radius 3 is 2.75 bits per heavy atom. The van der Waals surface area contributed by atoms with E-state index in [9.17, 15) is 23.7 Å². The van der Waals surface area contributed by atoms with E-state index < -0.39 is 33.7 Å². The van der Waals surface area contributed by atoms with Crippen LogP contribution in [0.3, 0.4) is 0 Å². The van der Waals surface area contributed by atoms with Crippen molar-refractivity contribution in [1.82, 2.24) is 4.90 Å². The van der Waals surface area contributed by atoms with E-state index in [1.807, 2.05) is 0 Å². The smallest absolute Gasteiger partial charge is 0.305 e. The van der Waals surface area contributed by atoms with E-state index in [0.717, 1.165) is 12.5 Å². The summed E-state index contributed by atoms with van der Waals surface area (Å²) in [6.45, 7) is 0.697. The first-order valence-corrected chi connectivity index (χ1v) is 6.89. The minimum Gasteiger partial charge on any atom is -0.337 e. The van der Waals surface area contributed by atoms with Crippen LogP contribution in [0, 0.1) is 21.7 Å². The van der Waals surface area contributed by atoms with Gasteiger partial charge in [0.25, 0.3) is 5.91 Å². The molecule has 0 bridgehead atoms. The van der Waals surface area contributed by atoms with E-state index in [4.69, 9.17) is 0 Å². The monoisotopic (exact) mass is 348 g/mol. The summed E-state index contributed by atoms with van der Waals surface area (Å²) in [5, 5.41) is 10.6. The molecule has 0 aromatic heterocycles. The standard InChI is InChI=1S/C12H11BrF2N2O3/c13-7-2-1-5-16(6-7)12(18)10-8(14)3-4-9(11(10)15)17(19)20/h3-4,7H,1-2,5-6H2. The number of benzene rings is 1. The van der Waals surface area contributed by atoms with Gasteiger partial charge in [-0.3, -0.25) is 14.9 Å². The number of nitro groups is 1. The number of piperidine rings is 1. The van der Waals surface area contributed by atoms with Gasteiger partial charge in [0.05, 0.1) is 4.92 Å². The van der Waals surface area contributed by atoms with Gasteiger partial charge in [-0.1, -0.05) is 15.9 Å². The molecule has 1 heterocycles. The summed E-state index contributed by atoms with van der Waals surface area (Å²) in [7, 11) is 0. The summed E-state index contributed by atoms with van der Waals surface area (Å²) in [5.74, 6) is -3.36. The third-order valence-corrected chi connectivity index (χ3v) is 3.88. The number of likely N-dealkylation sites (tertiary alicyclic amines) is 1. The molecule has 0 aliphatic carbocycles. The molecule has 1 atom stereocenters. The fourth-order valence-corrected chi connectivity index (χ4v) is 2.82. The molecule has 20 heavy (non-hydrogen) atoms. The average Bonchev–Trinajstić information content (AvgIpc) is 2.38. The fraction of sp³-hybridized carbons (Fsp3) is 0.417. The van der Waals surface area contributed by atoms with Crippen LogP contribution < -0.4 is 0 Å². The fourth-order valence-electron chi connectivity index (χ4n) is 2.15. The van der Waals surface area contributed by atoms with Crippen molar-refractivity contribution in [2.24, 2.45) is 0 Å². The number of amides is 1. The third kappa shape index (κ3) is 2.79. The molecule has 0 N–H and O–H groups in total. The zero-order chi connectivity index (χ0) is 14.9. The number of carbonyl (C=O) groups is 1. The number of alkyl halides is 1. The molecule has 5 nitrogen and oxygen atoms in total. The van der Waals surface area contributed by atoms with E-state index in [2.05, 4.69) is 15.9 Å². The molecule has 1 amide bonds. The van der Waals surface area contributed by atoms with Gasteiger partial charge in [-0.2, -0.15) is 4.39 Å². The summed E-state index contributed by atoms with van der Waals surface area (Å²) in [5.41, 5.74) is -1.76. The van der Waals surface area contributed by atoms with Gasteiger partial charge in [0.2, 0.25) is 5.82 Å². The van der Waals surface area contributed by atoms with Gasteiger partial charge in [0.15, 0.2) is 0 Å². The van der Waals surface area contributed by atoms with Gasteiger partial charge in [0, 0.05) is 24.0 Å².